The van der Waals surface area contributed by atoms with E-state index in [1.165, 1.54) is 0 Å². The van der Waals surface area contributed by atoms with Crippen LogP contribution in [0.4, 0.5) is 0 Å². The van der Waals surface area contributed by atoms with E-state index >= 15 is 0 Å². The van der Waals surface area contributed by atoms with Crippen molar-refractivity contribution < 1.29 is 4.79 Å². The second kappa shape index (κ2) is 4.78. The van der Waals surface area contributed by atoms with Crippen molar-refractivity contribution in [2.45, 2.75) is 45.7 Å². The van der Waals surface area contributed by atoms with E-state index in [0.717, 1.165) is 25.9 Å². The zero-order chi connectivity index (χ0) is 10.7. The average molecular weight is 198 g/mol. The quantitative estimate of drug-likeness (QED) is 0.668. The first kappa shape index (κ1) is 11.5. The van der Waals surface area contributed by atoms with Crippen molar-refractivity contribution in [1.82, 2.24) is 9.80 Å². The van der Waals surface area contributed by atoms with E-state index in [4.69, 9.17) is 0 Å². The molecule has 82 valence electrons. The zero-order valence-corrected chi connectivity index (χ0v) is 9.79. The van der Waals surface area contributed by atoms with E-state index in [2.05, 4.69) is 25.8 Å². The molecule has 14 heavy (non-hydrogen) atoms. The largest absolute Gasteiger partial charge is 0.343 e. The average Bonchev–Trinajstić information content (AvgIpc) is 2.16. The Morgan fingerprint density at radius 2 is 1.86 bits per heavy atom. The van der Waals surface area contributed by atoms with Crippen LogP contribution >= 0.6 is 0 Å². The molecule has 0 bridgehead atoms. The van der Waals surface area contributed by atoms with Crippen LogP contribution in [0.1, 0.15) is 33.6 Å². The van der Waals surface area contributed by atoms with Crippen molar-refractivity contribution in [3.8, 4) is 0 Å². The lowest BCUT2D eigenvalue weighted by molar-refractivity contribution is -0.130. The molecule has 1 rings (SSSR count). The van der Waals surface area contributed by atoms with Crippen molar-refractivity contribution >= 4 is 5.91 Å². The number of rotatable bonds is 2. The predicted molar refractivity (Wildman–Crippen MR) is 58.2 cm³/mol. The summed E-state index contributed by atoms with van der Waals surface area (Å²) in [4.78, 5) is 15.5. The molecule has 1 fully saturated rings. The molecule has 0 unspecified atom stereocenters. The Hall–Kier alpha value is -0.570. The number of hydrogen-bond acceptors (Lipinski definition) is 2. The van der Waals surface area contributed by atoms with Crippen LogP contribution in [0, 0.1) is 0 Å². The first-order valence-corrected chi connectivity index (χ1v) is 5.49. The first-order chi connectivity index (χ1) is 6.52. The van der Waals surface area contributed by atoms with Crippen LogP contribution in [0.2, 0.25) is 0 Å². The number of likely N-dealkylation sites (tertiary alicyclic amines) is 1. The van der Waals surface area contributed by atoms with E-state index < -0.39 is 0 Å². The molecule has 0 saturated carbocycles. The molecule has 1 aliphatic rings. The molecule has 0 atom stereocenters. The maximum Gasteiger partial charge on any atom is 0.219 e. The molecule has 3 nitrogen and oxygen atoms in total. The number of amides is 1. The van der Waals surface area contributed by atoms with Gasteiger partial charge in [0.1, 0.15) is 0 Å². The van der Waals surface area contributed by atoms with Gasteiger partial charge in [0.15, 0.2) is 0 Å². The molecule has 0 aromatic rings. The van der Waals surface area contributed by atoms with Crippen LogP contribution in [-0.2, 0) is 4.79 Å². The van der Waals surface area contributed by atoms with Crippen LogP contribution in [0.5, 0.6) is 0 Å². The third kappa shape index (κ3) is 2.71. The van der Waals surface area contributed by atoms with Crippen molar-refractivity contribution in [1.29, 1.82) is 0 Å². The lowest BCUT2D eigenvalue weighted by Gasteiger charge is -2.38. The summed E-state index contributed by atoms with van der Waals surface area (Å²) in [6.07, 6.45) is 2.24. The second-order valence-electron chi connectivity index (χ2n) is 4.50. The summed E-state index contributed by atoms with van der Waals surface area (Å²) in [6.45, 7) is 7.95. The van der Waals surface area contributed by atoms with Crippen molar-refractivity contribution in [3.63, 3.8) is 0 Å². The summed E-state index contributed by atoms with van der Waals surface area (Å²) in [6, 6.07) is 1.26. The minimum atomic E-state index is 0.218. The smallest absolute Gasteiger partial charge is 0.219 e. The van der Waals surface area contributed by atoms with Crippen LogP contribution in [-0.4, -0.2) is 47.9 Å². The second-order valence-corrected chi connectivity index (χ2v) is 4.50. The Morgan fingerprint density at radius 3 is 2.21 bits per heavy atom. The van der Waals surface area contributed by atoms with Gasteiger partial charge in [-0.25, -0.2) is 0 Å². The number of piperidine rings is 1. The number of carbonyl (C=O) groups excluding carboxylic acids is 1. The van der Waals surface area contributed by atoms with Gasteiger partial charge in [-0.3, -0.25) is 4.79 Å². The van der Waals surface area contributed by atoms with E-state index in [0.29, 0.717) is 12.1 Å². The summed E-state index contributed by atoms with van der Waals surface area (Å²) in [5.74, 6) is 0.218. The highest BCUT2D eigenvalue weighted by Gasteiger charge is 2.24. The lowest BCUT2D eigenvalue weighted by atomic mass is 10.0. The standard InChI is InChI=1S/C11H22N2O/c1-9(2)12(4)11-5-7-13(8-6-11)10(3)14/h9,11H,5-8H2,1-4H3. The number of carbonyl (C=O) groups is 1. The number of hydrogen-bond donors (Lipinski definition) is 0. The van der Waals surface area contributed by atoms with Crippen molar-refractivity contribution in [2.24, 2.45) is 0 Å². The molecule has 1 saturated heterocycles. The van der Waals surface area contributed by atoms with E-state index in [9.17, 15) is 4.79 Å². The first-order valence-electron chi connectivity index (χ1n) is 5.49. The fraction of sp³-hybridized carbons (Fsp3) is 0.909. The predicted octanol–water partition coefficient (Wildman–Crippen LogP) is 1.34. The molecule has 0 N–H and O–H groups in total. The molecular weight excluding hydrogens is 176 g/mol. The topological polar surface area (TPSA) is 23.6 Å². The Bertz CT molecular complexity index is 195. The van der Waals surface area contributed by atoms with Gasteiger partial charge in [0.2, 0.25) is 5.91 Å². The van der Waals surface area contributed by atoms with Gasteiger partial charge in [-0.05, 0) is 33.7 Å². The lowest BCUT2D eigenvalue weighted by Crippen LogP contribution is -2.46. The molecule has 1 aliphatic heterocycles. The monoisotopic (exact) mass is 198 g/mol. The zero-order valence-electron chi connectivity index (χ0n) is 9.79. The normalized spacial score (nSPS) is 19.4. The van der Waals surface area contributed by atoms with Gasteiger partial charge >= 0.3 is 0 Å². The molecule has 0 aromatic carbocycles. The Labute approximate surface area is 87.1 Å². The summed E-state index contributed by atoms with van der Waals surface area (Å²) in [5, 5.41) is 0. The van der Waals surface area contributed by atoms with Crippen molar-refractivity contribution in [2.75, 3.05) is 20.1 Å². The summed E-state index contributed by atoms with van der Waals surface area (Å²) >= 11 is 0. The van der Waals surface area contributed by atoms with Crippen LogP contribution in [0.3, 0.4) is 0 Å². The molecule has 1 heterocycles. The Balaban J connectivity index is 2.39. The maximum atomic E-state index is 11.1. The summed E-state index contributed by atoms with van der Waals surface area (Å²) in [5.41, 5.74) is 0. The van der Waals surface area contributed by atoms with Gasteiger partial charge < -0.3 is 9.80 Å². The van der Waals surface area contributed by atoms with Gasteiger partial charge in [0.25, 0.3) is 0 Å². The van der Waals surface area contributed by atoms with E-state index in [1.54, 1.807) is 6.92 Å². The van der Waals surface area contributed by atoms with E-state index in [-0.39, 0.29) is 5.91 Å². The summed E-state index contributed by atoms with van der Waals surface area (Å²) < 4.78 is 0. The van der Waals surface area contributed by atoms with Gasteiger partial charge in [-0.15, -0.1) is 0 Å². The highest BCUT2D eigenvalue weighted by Crippen LogP contribution is 2.16. The highest BCUT2D eigenvalue weighted by atomic mass is 16.2. The Kier molecular flexibility index (Phi) is 3.93. The Morgan fingerprint density at radius 1 is 1.36 bits per heavy atom. The fourth-order valence-corrected chi connectivity index (χ4v) is 2.01. The van der Waals surface area contributed by atoms with Gasteiger partial charge in [-0.1, -0.05) is 0 Å². The molecule has 0 radical (unpaired) electrons. The fourth-order valence-electron chi connectivity index (χ4n) is 2.01. The van der Waals surface area contributed by atoms with Gasteiger partial charge in [0, 0.05) is 32.1 Å². The van der Waals surface area contributed by atoms with Gasteiger partial charge in [-0.2, -0.15) is 0 Å². The molecule has 0 aromatic heterocycles. The molecular formula is C11H22N2O. The third-order valence-corrected chi connectivity index (χ3v) is 3.30. The highest BCUT2D eigenvalue weighted by molar-refractivity contribution is 5.73. The van der Waals surface area contributed by atoms with Crippen molar-refractivity contribution in [3.05, 3.63) is 0 Å². The van der Waals surface area contributed by atoms with Gasteiger partial charge in [0.05, 0.1) is 0 Å². The SMILES string of the molecule is CC(=O)N1CCC(N(C)C(C)C)CC1. The van der Waals surface area contributed by atoms with Crippen LogP contribution in [0.25, 0.3) is 0 Å². The summed E-state index contributed by atoms with van der Waals surface area (Å²) in [7, 11) is 2.18. The van der Waals surface area contributed by atoms with E-state index in [1.807, 2.05) is 4.90 Å². The van der Waals surface area contributed by atoms with Crippen LogP contribution < -0.4 is 0 Å². The maximum absolute atomic E-state index is 11.1. The minimum Gasteiger partial charge on any atom is -0.343 e. The molecule has 0 spiro atoms. The molecule has 0 aliphatic carbocycles. The van der Waals surface area contributed by atoms with Crippen LogP contribution in [0.15, 0.2) is 0 Å². The third-order valence-electron chi connectivity index (χ3n) is 3.30. The minimum absolute atomic E-state index is 0.218. The molecule has 3 heteroatoms. The molecule has 1 amide bonds. The number of nitrogens with zero attached hydrogens (tertiary/aromatic N) is 2.